The quantitative estimate of drug-likeness (QED) is 0.845. The number of halogens is 1. The molecule has 0 aliphatic rings. The van der Waals surface area contributed by atoms with Gasteiger partial charge in [0.15, 0.2) is 0 Å². The molecule has 0 fully saturated rings. The van der Waals surface area contributed by atoms with E-state index in [9.17, 15) is 5.11 Å². The second-order valence-corrected chi connectivity index (χ2v) is 4.14. The first-order valence-corrected chi connectivity index (χ1v) is 5.87. The molecule has 1 aromatic heterocycles. The van der Waals surface area contributed by atoms with Crippen molar-refractivity contribution >= 4 is 11.6 Å². The summed E-state index contributed by atoms with van der Waals surface area (Å²) in [6, 6.07) is 0. The van der Waals surface area contributed by atoms with Gasteiger partial charge in [0, 0.05) is 6.54 Å². The minimum absolute atomic E-state index is 0.235. The number of aliphatic hydroxyl groups excluding tert-OH is 1. The molecule has 1 unspecified atom stereocenters. The lowest BCUT2D eigenvalue weighted by Crippen LogP contribution is -2.09. The average molecular weight is 231 g/mol. The highest BCUT2D eigenvalue weighted by atomic mass is 35.5. The van der Waals surface area contributed by atoms with Gasteiger partial charge in [0.1, 0.15) is 0 Å². The Morgan fingerprint density at radius 3 is 2.67 bits per heavy atom. The van der Waals surface area contributed by atoms with Crippen LogP contribution in [0.5, 0.6) is 0 Å². The maximum absolute atomic E-state index is 9.51. The highest BCUT2D eigenvalue weighted by Crippen LogP contribution is 2.22. The van der Waals surface area contributed by atoms with E-state index < -0.39 is 0 Å². The first kappa shape index (κ1) is 12.5. The fraction of sp³-hybridized carbons (Fsp3) is 0.727. The van der Waals surface area contributed by atoms with Crippen molar-refractivity contribution in [3.8, 4) is 0 Å². The van der Waals surface area contributed by atoms with Crippen LogP contribution in [0, 0.1) is 6.92 Å². The van der Waals surface area contributed by atoms with Crippen molar-refractivity contribution in [3.63, 3.8) is 0 Å². The molecule has 0 radical (unpaired) electrons. The molecule has 0 amide bonds. The van der Waals surface area contributed by atoms with Crippen LogP contribution in [-0.2, 0) is 13.0 Å². The lowest BCUT2D eigenvalue weighted by molar-refractivity contribution is 0.160. The van der Waals surface area contributed by atoms with E-state index in [-0.39, 0.29) is 6.10 Å². The van der Waals surface area contributed by atoms with Crippen molar-refractivity contribution < 1.29 is 5.11 Å². The Labute approximate surface area is 96.1 Å². The summed E-state index contributed by atoms with van der Waals surface area (Å²) in [4.78, 5) is 0. The summed E-state index contributed by atoms with van der Waals surface area (Å²) in [5.74, 6) is 0. The summed E-state index contributed by atoms with van der Waals surface area (Å²) in [5.41, 5.74) is 1.92. The Morgan fingerprint density at radius 2 is 2.13 bits per heavy atom. The fourth-order valence-electron chi connectivity index (χ4n) is 1.62. The molecule has 4 heteroatoms. The fourth-order valence-corrected chi connectivity index (χ4v) is 1.85. The van der Waals surface area contributed by atoms with Crippen molar-refractivity contribution in [2.24, 2.45) is 0 Å². The molecule has 0 aromatic carbocycles. The number of aryl methyl sites for hydroxylation is 2. The Bertz CT molecular complexity index is 323. The minimum Gasteiger partial charge on any atom is -0.393 e. The third kappa shape index (κ3) is 2.95. The lowest BCUT2D eigenvalue weighted by Gasteiger charge is -2.08. The highest BCUT2D eigenvalue weighted by molar-refractivity contribution is 6.31. The van der Waals surface area contributed by atoms with Crippen LogP contribution in [0.15, 0.2) is 0 Å². The van der Waals surface area contributed by atoms with Crippen LogP contribution < -0.4 is 0 Å². The van der Waals surface area contributed by atoms with Crippen LogP contribution in [0.25, 0.3) is 0 Å². The molecule has 0 aliphatic carbocycles. The SMILES string of the molecule is CCC(O)CCc1c(Cl)c(C)nn1CC. The van der Waals surface area contributed by atoms with Gasteiger partial charge in [-0.25, -0.2) is 0 Å². The van der Waals surface area contributed by atoms with Gasteiger partial charge in [-0.1, -0.05) is 18.5 Å². The standard InChI is InChI=1S/C11H19ClN2O/c1-4-9(15)6-7-10-11(12)8(3)13-14(10)5-2/h9,15H,4-7H2,1-3H3. The van der Waals surface area contributed by atoms with Gasteiger partial charge in [-0.15, -0.1) is 0 Å². The molecule has 1 rings (SSSR count). The van der Waals surface area contributed by atoms with E-state index in [4.69, 9.17) is 11.6 Å². The molecule has 1 N–H and O–H groups in total. The van der Waals surface area contributed by atoms with Crippen LogP contribution >= 0.6 is 11.6 Å². The molecule has 1 atom stereocenters. The number of aromatic nitrogens is 2. The molecule has 15 heavy (non-hydrogen) atoms. The maximum atomic E-state index is 9.51. The van der Waals surface area contributed by atoms with Crippen molar-refractivity contribution in [2.45, 2.75) is 52.7 Å². The second-order valence-electron chi connectivity index (χ2n) is 3.76. The van der Waals surface area contributed by atoms with Crippen LogP contribution in [0.1, 0.15) is 38.1 Å². The average Bonchev–Trinajstić information content (AvgIpc) is 2.52. The summed E-state index contributed by atoms with van der Waals surface area (Å²) >= 11 is 6.15. The summed E-state index contributed by atoms with van der Waals surface area (Å²) < 4.78 is 1.92. The van der Waals surface area contributed by atoms with Gasteiger partial charge in [-0.3, -0.25) is 4.68 Å². The number of aliphatic hydroxyl groups is 1. The number of hydrogen-bond donors (Lipinski definition) is 1. The highest BCUT2D eigenvalue weighted by Gasteiger charge is 2.13. The van der Waals surface area contributed by atoms with Gasteiger partial charge < -0.3 is 5.11 Å². The first-order chi connectivity index (χ1) is 7.10. The topological polar surface area (TPSA) is 38.1 Å². The van der Waals surface area contributed by atoms with Gasteiger partial charge in [-0.05, 0) is 33.1 Å². The van der Waals surface area contributed by atoms with E-state index in [0.717, 1.165) is 42.2 Å². The van der Waals surface area contributed by atoms with Gasteiger partial charge in [0.25, 0.3) is 0 Å². The molecule has 1 heterocycles. The molecule has 86 valence electrons. The van der Waals surface area contributed by atoms with Crippen LogP contribution in [0.2, 0.25) is 5.02 Å². The van der Waals surface area contributed by atoms with Crippen molar-refractivity contribution in [1.82, 2.24) is 9.78 Å². The van der Waals surface area contributed by atoms with Gasteiger partial charge in [0.05, 0.1) is 22.5 Å². The smallest absolute Gasteiger partial charge is 0.0847 e. The van der Waals surface area contributed by atoms with Crippen molar-refractivity contribution in [1.29, 1.82) is 0 Å². The van der Waals surface area contributed by atoms with E-state index in [0.29, 0.717) is 0 Å². The minimum atomic E-state index is -0.235. The van der Waals surface area contributed by atoms with Crippen molar-refractivity contribution in [2.75, 3.05) is 0 Å². The van der Waals surface area contributed by atoms with Crippen LogP contribution in [-0.4, -0.2) is 21.0 Å². The van der Waals surface area contributed by atoms with Crippen LogP contribution in [0.3, 0.4) is 0 Å². The second kappa shape index (κ2) is 5.52. The van der Waals surface area contributed by atoms with E-state index in [1.807, 2.05) is 25.5 Å². The molecule has 0 saturated heterocycles. The van der Waals surface area contributed by atoms with Crippen LogP contribution in [0.4, 0.5) is 0 Å². The summed E-state index contributed by atoms with van der Waals surface area (Å²) in [5, 5.41) is 14.6. The third-order valence-electron chi connectivity index (χ3n) is 2.64. The predicted molar refractivity (Wildman–Crippen MR) is 62.3 cm³/mol. The predicted octanol–water partition coefficient (Wildman–Crippen LogP) is 2.57. The van der Waals surface area contributed by atoms with Crippen molar-refractivity contribution in [3.05, 3.63) is 16.4 Å². The largest absolute Gasteiger partial charge is 0.393 e. The van der Waals surface area contributed by atoms with E-state index in [2.05, 4.69) is 5.10 Å². The summed E-state index contributed by atoms with van der Waals surface area (Å²) in [6.45, 7) is 6.76. The van der Waals surface area contributed by atoms with E-state index in [1.165, 1.54) is 0 Å². The zero-order valence-electron chi connectivity index (χ0n) is 9.63. The number of nitrogens with zero attached hydrogens (tertiary/aromatic N) is 2. The van der Waals surface area contributed by atoms with Gasteiger partial charge in [-0.2, -0.15) is 5.10 Å². The van der Waals surface area contributed by atoms with E-state index >= 15 is 0 Å². The van der Waals surface area contributed by atoms with Gasteiger partial charge >= 0.3 is 0 Å². The molecular formula is C11H19ClN2O. The molecular weight excluding hydrogens is 212 g/mol. The Balaban J connectivity index is 2.74. The molecule has 0 bridgehead atoms. The zero-order chi connectivity index (χ0) is 11.4. The third-order valence-corrected chi connectivity index (χ3v) is 3.13. The molecule has 1 aromatic rings. The van der Waals surface area contributed by atoms with Gasteiger partial charge in [0.2, 0.25) is 0 Å². The first-order valence-electron chi connectivity index (χ1n) is 5.49. The molecule has 0 spiro atoms. The molecule has 3 nitrogen and oxygen atoms in total. The maximum Gasteiger partial charge on any atom is 0.0847 e. The molecule has 0 aliphatic heterocycles. The zero-order valence-corrected chi connectivity index (χ0v) is 10.4. The Kier molecular flexibility index (Phi) is 4.61. The summed E-state index contributed by atoms with van der Waals surface area (Å²) in [7, 11) is 0. The normalized spacial score (nSPS) is 13.1. The lowest BCUT2D eigenvalue weighted by atomic mass is 10.1. The number of hydrogen-bond acceptors (Lipinski definition) is 2. The van der Waals surface area contributed by atoms with E-state index in [1.54, 1.807) is 0 Å². The number of rotatable bonds is 5. The Hall–Kier alpha value is -0.540. The monoisotopic (exact) mass is 230 g/mol. The summed E-state index contributed by atoms with van der Waals surface area (Å²) in [6.07, 6.45) is 2.10. The molecule has 0 saturated carbocycles. The Morgan fingerprint density at radius 1 is 1.47 bits per heavy atom.